The Bertz CT molecular complexity index is 1080. The van der Waals surface area contributed by atoms with Gasteiger partial charge < -0.3 is 9.30 Å². The number of fused-ring (bicyclic) bond motifs is 1. The molecule has 7 nitrogen and oxygen atoms in total. The smallest absolute Gasteiger partial charge is 0.272 e. The lowest BCUT2D eigenvalue weighted by atomic mass is 10.2. The molecule has 0 atom stereocenters. The van der Waals surface area contributed by atoms with E-state index in [1.54, 1.807) is 18.2 Å². The predicted molar refractivity (Wildman–Crippen MR) is 109 cm³/mol. The minimum absolute atomic E-state index is 0.00813. The Hall–Kier alpha value is -3.10. The van der Waals surface area contributed by atoms with Crippen LogP contribution in [0, 0.1) is 10.1 Å². The molecule has 2 aromatic carbocycles. The number of non-ortho nitro benzene ring substituents is 1. The van der Waals surface area contributed by atoms with Crippen LogP contribution in [0.1, 0.15) is 12.5 Å². The van der Waals surface area contributed by atoms with Crippen molar-refractivity contribution in [1.29, 1.82) is 0 Å². The maximum atomic E-state index is 12.3. The number of carbonyl (C=O) groups excluding carboxylic acids is 1. The summed E-state index contributed by atoms with van der Waals surface area (Å²) in [7, 11) is 0. The largest absolute Gasteiger partial charge is 0.380 e. The first-order valence-corrected chi connectivity index (χ1v) is 9.57. The Morgan fingerprint density at radius 1 is 1.25 bits per heavy atom. The molecule has 0 aliphatic carbocycles. The van der Waals surface area contributed by atoms with Crippen LogP contribution in [0.5, 0.6) is 0 Å². The number of nitrogens with zero attached hydrogens (tertiary/aromatic N) is 3. The van der Waals surface area contributed by atoms with Gasteiger partial charge in [-0.05, 0) is 42.8 Å². The zero-order valence-electron chi connectivity index (χ0n) is 15.3. The molecular formula is C20H19N3O4S. The molecule has 0 bridgehead atoms. The van der Waals surface area contributed by atoms with Gasteiger partial charge in [-0.25, -0.2) is 0 Å². The molecular weight excluding hydrogens is 378 g/mol. The zero-order chi connectivity index (χ0) is 19.9. The second kappa shape index (κ2) is 9.20. The Balaban J connectivity index is 1.85. The molecule has 0 aliphatic heterocycles. The number of hydrogen-bond acceptors (Lipinski definition) is 5. The maximum absolute atomic E-state index is 12.3. The van der Waals surface area contributed by atoms with Crippen LogP contribution in [0.4, 0.5) is 5.69 Å². The summed E-state index contributed by atoms with van der Waals surface area (Å²) in [5.41, 5.74) is 1.71. The number of amides is 1. The van der Waals surface area contributed by atoms with Crippen LogP contribution in [-0.4, -0.2) is 28.6 Å². The number of carbonyl (C=O) groups is 1. The Morgan fingerprint density at radius 3 is 2.71 bits per heavy atom. The minimum Gasteiger partial charge on any atom is -0.380 e. The fourth-order valence-electron chi connectivity index (χ4n) is 2.63. The average molecular weight is 397 g/mol. The number of benzene rings is 2. The number of hydrogen-bond donors (Lipinski definition) is 0. The summed E-state index contributed by atoms with van der Waals surface area (Å²) in [5, 5.41) is 10.7. The van der Waals surface area contributed by atoms with Crippen LogP contribution in [0.25, 0.3) is 16.3 Å². The number of nitro groups is 1. The normalized spacial score (nSPS) is 12.1. The summed E-state index contributed by atoms with van der Waals surface area (Å²) in [6.07, 6.45) is 2.95. The van der Waals surface area contributed by atoms with Gasteiger partial charge in [0.05, 0.1) is 21.7 Å². The molecule has 0 saturated heterocycles. The first-order valence-electron chi connectivity index (χ1n) is 8.76. The van der Waals surface area contributed by atoms with E-state index in [2.05, 4.69) is 4.99 Å². The number of nitro benzene ring substituents is 1. The van der Waals surface area contributed by atoms with Crippen molar-refractivity contribution < 1.29 is 14.5 Å². The molecule has 0 fully saturated rings. The molecule has 0 radical (unpaired) electrons. The molecule has 3 aromatic rings. The number of thiazole rings is 1. The van der Waals surface area contributed by atoms with Gasteiger partial charge in [-0.15, -0.1) is 0 Å². The average Bonchev–Trinajstić information content (AvgIpc) is 3.04. The highest BCUT2D eigenvalue weighted by molar-refractivity contribution is 7.16. The summed E-state index contributed by atoms with van der Waals surface area (Å²) in [4.78, 5) is 27.4. The Labute approximate surface area is 165 Å². The second-order valence-corrected chi connectivity index (χ2v) is 6.84. The molecule has 0 unspecified atom stereocenters. The van der Waals surface area contributed by atoms with E-state index in [-0.39, 0.29) is 5.69 Å². The topological polar surface area (TPSA) is 86.7 Å². The Kier molecular flexibility index (Phi) is 6.46. The van der Waals surface area contributed by atoms with Gasteiger partial charge in [0.1, 0.15) is 0 Å². The van der Waals surface area contributed by atoms with Crippen molar-refractivity contribution >= 4 is 39.2 Å². The molecule has 144 valence electrons. The van der Waals surface area contributed by atoms with E-state index < -0.39 is 10.8 Å². The molecule has 1 amide bonds. The van der Waals surface area contributed by atoms with Crippen LogP contribution in [0.3, 0.4) is 0 Å². The van der Waals surface area contributed by atoms with Crippen LogP contribution in [0.2, 0.25) is 0 Å². The van der Waals surface area contributed by atoms with Gasteiger partial charge in [0, 0.05) is 31.4 Å². The monoisotopic (exact) mass is 397 g/mol. The summed E-state index contributed by atoms with van der Waals surface area (Å²) in [6.45, 7) is 3.72. The fraction of sp³-hybridized carbons (Fsp3) is 0.200. The summed E-state index contributed by atoms with van der Waals surface area (Å²) in [6, 6.07) is 13.9. The predicted octanol–water partition coefficient (Wildman–Crippen LogP) is 3.79. The number of para-hydroxylation sites is 1. The Morgan fingerprint density at radius 2 is 2.00 bits per heavy atom. The molecule has 0 N–H and O–H groups in total. The van der Waals surface area contributed by atoms with E-state index in [9.17, 15) is 14.9 Å². The summed E-state index contributed by atoms with van der Waals surface area (Å²) >= 11 is 1.45. The fourth-order valence-corrected chi connectivity index (χ4v) is 3.69. The third kappa shape index (κ3) is 4.79. The van der Waals surface area contributed by atoms with Crippen molar-refractivity contribution in [3.05, 3.63) is 75.1 Å². The molecule has 8 heteroatoms. The van der Waals surface area contributed by atoms with Gasteiger partial charge in [-0.3, -0.25) is 14.9 Å². The molecule has 3 rings (SSSR count). The lowest BCUT2D eigenvalue weighted by Gasteiger charge is -2.04. The van der Waals surface area contributed by atoms with Crippen molar-refractivity contribution in [1.82, 2.24) is 4.57 Å². The molecule has 1 heterocycles. The van der Waals surface area contributed by atoms with E-state index >= 15 is 0 Å². The highest BCUT2D eigenvalue weighted by atomic mass is 32.1. The van der Waals surface area contributed by atoms with Crippen molar-refractivity contribution in [3.8, 4) is 0 Å². The minimum atomic E-state index is -0.462. The number of rotatable bonds is 7. The van der Waals surface area contributed by atoms with E-state index in [4.69, 9.17) is 4.74 Å². The highest BCUT2D eigenvalue weighted by Gasteiger charge is 2.07. The van der Waals surface area contributed by atoms with Gasteiger partial charge in [0.25, 0.3) is 11.6 Å². The number of aromatic nitrogens is 1. The number of ether oxygens (including phenoxy) is 1. The van der Waals surface area contributed by atoms with Gasteiger partial charge >= 0.3 is 0 Å². The summed E-state index contributed by atoms with van der Waals surface area (Å²) in [5.74, 6) is -0.393. The van der Waals surface area contributed by atoms with Crippen LogP contribution < -0.4 is 4.80 Å². The quantitative estimate of drug-likeness (QED) is 0.263. The first kappa shape index (κ1) is 19.7. The van der Waals surface area contributed by atoms with Gasteiger partial charge in [0.2, 0.25) is 0 Å². The highest BCUT2D eigenvalue weighted by Crippen LogP contribution is 2.17. The van der Waals surface area contributed by atoms with Crippen LogP contribution >= 0.6 is 11.3 Å². The molecule has 1 aromatic heterocycles. The third-order valence-corrected chi connectivity index (χ3v) is 5.04. The summed E-state index contributed by atoms with van der Waals surface area (Å²) < 4.78 is 8.47. The van der Waals surface area contributed by atoms with Crippen molar-refractivity contribution in [2.45, 2.75) is 13.5 Å². The lowest BCUT2D eigenvalue weighted by molar-refractivity contribution is -0.384. The van der Waals surface area contributed by atoms with Crippen molar-refractivity contribution in [2.24, 2.45) is 4.99 Å². The van der Waals surface area contributed by atoms with Gasteiger partial charge in [-0.2, -0.15) is 4.99 Å². The van der Waals surface area contributed by atoms with E-state index in [0.29, 0.717) is 30.1 Å². The van der Waals surface area contributed by atoms with Crippen LogP contribution in [-0.2, 0) is 16.1 Å². The van der Waals surface area contributed by atoms with Crippen molar-refractivity contribution in [3.63, 3.8) is 0 Å². The van der Waals surface area contributed by atoms with Crippen molar-refractivity contribution in [2.75, 3.05) is 13.2 Å². The van der Waals surface area contributed by atoms with Gasteiger partial charge in [0.15, 0.2) is 4.80 Å². The van der Waals surface area contributed by atoms with E-state index in [0.717, 1.165) is 10.2 Å². The second-order valence-electron chi connectivity index (χ2n) is 5.83. The molecule has 0 aliphatic rings. The molecule has 0 spiro atoms. The third-order valence-electron chi connectivity index (χ3n) is 3.98. The zero-order valence-corrected chi connectivity index (χ0v) is 16.1. The lowest BCUT2D eigenvalue weighted by Crippen LogP contribution is -2.19. The standard InChI is InChI=1S/C20H19N3O4S/c1-2-27-14-13-22-17-5-3-4-6-18(17)28-20(22)21-19(24)12-9-15-7-10-16(11-8-15)23(25)26/h3-12H,2,13-14H2,1H3/b12-9-,21-20?. The molecule has 0 saturated carbocycles. The van der Waals surface area contributed by atoms with E-state index in [1.807, 2.05) is 35.8 Å². The SMILES string of the molecule is CCOCCn1c(=NC(=O)/C=C\c2ccc([N+](=O)[O-])cc2)sc2ccccc21. The molecule has 28 heavy (non-hydrogen) atoms. The van der Waals surface area contributed by atoms with E-state index in [1.165, 1.54) is 29.5 Å². The maximum Gasteiger partial charge on any atom is 0.272 e. The first-order chi connectivity index (χ1) is 13.6. The van der Waals surface area contributed by atoms with Gasteiger partial charge in [-0.1, -0.05) is 23.5 Å². The van der Waals surface area contributed by atoms with Crippen LogP contribution in [0.15, 0.2) is 59.6 Å².